The van der Waals surface area contributed by atoms with Crippen LogP contribution in [0.1, 0.15) is 19.8 Å². The summed E-state index contributed by atoms with van der Waals surface area (Å²) >= 11 is 0. The van der Waals surface area contributed by atoms with Gasteiger partial charge in [0.15, 0.2) is 0 Å². The van der Waals surface area contributed by atoms with Gasteiger partial charge in [0, 0.05) is 11.7 Å². The molecule has 0 unspecified atom stereocenters. The number of nitrogens with one attached hydrogen (secondary N) is 1. The lowest BCUT2D eigenvalue weighted by Gasteiger charge is -2.13. The Kier molecular flexibility index (Phi) is 2.21. The number of hydrogen-bond donors (Lipinski definition) is 1. The fourth-order valence-corrected chi connectivity index (χ4v) is 1.56. The predicted octanol–water partition coefficient (Wildman–Crippen LogP) is 3.04. The smallest absolute Gasteiger partial charge is 0.125 e. The Hall–Kier alpha value is -1.05. The molecule has 0 saturated heterocycles. The predicted molar refractivity (Wildman–Crippen MR) is 52.2 cm³/mol. The van der Waals surface area contributed by atoms with E-state index >= 15 is 0 Å². The molecule has 0 spiro atoms. The van der Waals surface area contributed by atoms with Gasteiger partial charge < -0.3 is 5.32 Å². The summed E-state index contributed by atoms with van der Waals surface area (Å²) in [6.45, 7) is 2.16. The summed E-state index contributed by atoms with van der Waals surface area (Å²) in [5, 5.41) is 3.30. The van der Waals surface area contributed by atoms with Gasteiger partial charge in [0.25, 0.3) is 0 Å². The van der Waals surface area contributed by atoms with Gasteiger partial charge in [-0.25, -0.2) is 4.39 Å². The van der Waals surface area contributed by atoms with Crippen molar-refractivity contribution in [1.29, 1.82) is 0 Å². The zero-order chi connectivity index (χ0) is 9.26. The highest BCUT2D eigenvalue weighted by Gasteiger charge is 2.27. The first-order valence-electron chi connectivity index (χ1n) is 4.78. The minimum Gasteiger partial charge on any atom is -0.382 e. The summed E-state index contributed by atoms with van der Waals surface area (Å²) in [5.41, 5.74) is 0.888. The number of anilines is 1. The maximum Gasteiger partial charge on any atom is 0.125 e. The van der Waals surface area contributed by atoms with Gasteiger partial charge in [-0.3, -0.25) is 0 Å². The first-order valence-corrected chi connectivity index (χ1v) is 4.78. The first-order chi connectivity index (χ1) is 6.25. The minimum absolute atomic E-state index is 0.173. The Balaban J connectivity index is 2.00. The second kappa shape index (κ2) is 3.36. The van der Waals surface area contributed by atoms with Gasteiger partial charge in [-0.15, -0.1) is 0 Å². The van der Waals surface area contributed by atoms with Crippen LogP contribution in [0.3, 0.4) is 0 Å². The fraction of sp³-hybridized carbons (Fsp3) is 0.455. The molecular formula is C11H14FN. The van der Waals surface area contributed by atoms with Crippen LogP contribution in [0, 0.1) is 11.7 Å². The highest BCUT2D eigenvalue weighted by Crippen LogP contribution is 2.33. The SMILES string of the molecule is C[C@H](Nc1cccc(F)c1)C1CC1. The monoisotopic (exact) mass is 179 g/mol. The van der Waals surface area contributed by atoms with Gasteiger partial charge in [-0.1, -0.05) is 6.07 Å². The van der Waals surface area contributed by atoms with Crippen molar-refractivity contribution in [2.45, 2.75) is 25.8 Å². The van der Waals surface area contributed by atoms with E-state index in [0.29, 0.717) is 6.04 Å². The van der Waals surface area contributed by atoms with Crippen LogP contribution < -0.4 is 5.32 Å². The molecule has 1 nitrogen and oxygen atoms in total. The summed E-state index contributed by atoms with van der Waals surface area (Å²) in [5.74, 6) is 0.622. The zero-order valence-corrected chi connectivity index (χ0v) is 7.76. The molecule has 1 atom stereocenters. The third kappa shape index (κ3) is 2.20. The normalized spacial score (nSPS) is 18.3. The fourth-order valence-electron chi connectivity index (χ4n) is 1.56. The van der Waals surface area contributed by atoms with Gasteiger partial charge in [-0.05, 0) is 43.9 Å². The van der Waals surface area contributed by atoms with E-state index in [-0.39, 0.29) is 5.82 Å². The topological polar surface area (TPSA) is 12.0 Å². The van der Waals surface area contributed by atoms with Crippen LogP contribution in [0.15, 0.2) is 24.3 Å². The molecule has 0 bridgehead atoms. The molecule has 0 heterocycles. The lowest BCUT2D eigenvalue weighted by atomic mass is 10.2. The number of rotatable bonds is 3. The summed E-state index contributed by atoms with van der Waals surface area (Å²) in [6.07, 6.45) is 2.62. The van der Waals surface area contributed by atoms with Crippen LogP contribution in [0.2, 0.25) is 0 Å². The average molecular weight is 179 g/mol. The van der Waals surface area contributed by atoms with E-state index in [1.165, 1.54) is 18.9 Å². The Bertz CT molecular complexity index is 294. The second-order valence-electron chi connectivity index (χ2n) is 3.78. The molecule has 70 valence electrons. The molecule has 13 heavy (non-hydrogen) atoms. The first kappa shape index (κ1) is 8.54. The summed E-state index contributed by atoms with van der Waals surface area (Å²) in [4.78, 5) is 0. The van der Waals surface area contributed by atoms with Crippen molar-refractivity contribution in [2.24, 2.45) is 5.92 Å². The van der Waals surface area contributed by atoms with Crippen LogP contribution in [-0.2, 0) is 0 Å². The molecule has 0 amide bonds. The van der Waals surface area contributed by atoms with Crippen LogP contribution in [0.5, 0.6) is 0 Å². The Morgan fingerprint density at radius 2 is 2.23 bits per heavy atom. The van der Waals surface area contributed by atoms with Gasteiger partial charge in [0.1, 0.15) is 5.82 Å². The molecular weight excluding hydrogens is 165 g/mol. The van der Waals surface area contributed by atoms with Crippen molar-refractivity contribution in [3.05, 3.63) is 30.1 Å². The van der Waals surface area contributed by atoms with Crippen LogP contribution in [0.4, 0.5) is 10.1 Å². The molecule has 1 fully saturated rings. The molecule has 0 radical (unpaired) electrons. The van der Waals surface area contributed by atoms with E-state index < -0.39 is 0 Å². The highest BCUT2D eigenvalue weighted by molar-refractivity contribution is 5.44. The van der Waals surface area contributed by atoms with Crippen LogP contribution in [0.25, 0.3) is 0 Å². The van der Waals surface area contributed by atoms with Crippen molar-refractivity contribution in [3.8, 4) is 0 Å². The zero-order valence-electron chi connectivity index (χ0n) is 7.76. The quantitative estimate of drug-likeness (QED) is 0.752. The van der Waals surface area contributed by atoms with Gasteiger partial charge in [-0.2, -0.15) is 0 Å². The molecule has 1 N–H and O–H groups in total. The van der Waals surface area contributed by atoms with Crippen LogP contribution in [-0.4, -0.2) is 6.04 Å². The third-order valence-electron chi connectivity index (χ3n) is 2.55. The molecule has 0 aromatic heterocycles. The summed E-state index contributed by atoms with van der Waals surface area (Å²) in [6, 6.07) is 7.12. The van der Waals surface area contributed by atoms with Gasteiger partial charge in [0.2, 0.25) is 0 Å². The largest absolute Gasteiger partial charge is 0.382 e. The number of benzene rings is 1. The summed E-state index contributed by atoms with van der Waals surface area (Å²) in [7, 11) is 0. The standard InChI is InChI=1S/C11H14FN/c1-8(9-5-6-9)13-11-4-2-3-10(12)7-11/h2-4,7-9,13H,5-6H2,1H3/t8-/m0/s1. The molecule has 0 aliphatic heterocycles. The molecule has 2 heteroatoms. The van der Waals surface area contributed by atoms with E-state index in [1.807, 2.05) is 6.07 Å². The number of hydrogen-bond acceptors (Lipinski definition) is 1. The maximum atomic E-state index is 12.8. The Morgan fingerprint density at radius 3 is 2.85 bits per heavy atom. The molecule has 1 aliphatic rings. The van der Waals surface area contributed by atoms with Crippen molar-refractivity contribution in [3.63, 3.8) is 0 Å². The minimum atomic E-state index is -0.173. The van der Waals surface area contributed by atoms with Crippen LogP contribution >= 0.6 is 0 Å². The van der Waals surface area contributed by atoms with E-state index in [4.69, 9.17) is 0 Å². The van der Waals surface area contributed by atoms with E-state index in [2.05, 4.69) is 12.2 Å². The van der Waals surface area contributed by atoms with Gasteiger partial charge in [0.05, 0.1) is 0 Å². The third-order valence-corrected chi connectivity index (χ3v) is 2.55. The molecule has 2 rings (SSSR count). The average Bonchev–Trinajstić information content (AvgIpc) is 2.85. The molecule has 1 aromatic rings. The van der Waals surface area contributed by atoms with Gasteiger partial charge >= 0.3 is 0 Å². The molecule has 1 aliphatic carbocycles. The summed E-state index contributed by atoms with van der Waals surface area (Å²) < 4.78 is 12.8. The Labute approximate surface area is 78.0 Å². The Morgan fingerprint density at radius 1 is 1.46 bits per heavy atom. The lowest BCUT2D eigenvalue weighted by molar-refractivity contribution is 0.626. The van der Waals surface area contributed by atoms with E-state index in [9.17, 15) is 4.39 Å². The van der Waals surface area contributed by atoms with E-state index in [0.717, 1.165) is 11.6 Å². The number of halogens is 1. The van der Waals surface area contributed by atoms with E-state index in [1.54, 1.807) is 12.1 Å². The van der Waals surface area contributed by atoms with Crippen molar-refractivity contribution in [1.82, 2.24) is 0 Å². The van der Waals surface area contributed by atoms with Crippen molar-refractivity contribution < 1.29 is 4.39 Å². The second-order valence-corrected chi connectivity index (χ2v) is 3.78. The molecule has 1 saturated carbocycles. The van der Waals surface area contributed by atoms with Crippen molar-refractivity contribution >= 4 is 5.69 Å². The highest BCUT2D eigenvalue weighted by atomic mass is 19.1. The molecule has 1 aromatic carbocycles. The lowest BCUT2D eigenvalue weighted by Crippen LogP contribution is -2.17. The maximum absolute atomic E-state index is 12.8. The van der Waals surface area contributed by atoms with Crippen molar-refractivity contribution in [2.75, 3.05) is 5.32 Å².